The summed E-state index contributed by atoms with van der Waals surface area (Å²) in [5, 5.41) is 43.1. The van der Waals surface area contributed by atoms with Crippen molar-refractivity contribution in [3.63, 3.8) is 0 Å². The number of nitrogens with zero attached hydrogens (tertiary/aromatic N) is 13. The van der Waals surface area contributed by atoms with Gasteiger partial charge in [-0.3, -0.25) is 28.8 Å². The Morgan fingerprint density at radius 2 is 1.45 bits per heavy atom. The number of anilines is 4. The number of Topliss-reactive ketones (excluding diaryl/α,β-unsaturated/α-hetero) is 2. The number of esters is 2. The van der Waals surface area contributed by atoms with Crippen LogP contribution in [0.1, 0.15) is 177 Å². The summed E-state index contributed by atoms with van der Waals surface area (Å²) in [6.07, 6.45) is 18.7. The van der Waals surface area contributed by atoms with Crippen molar-refractivity contribution >= 4 is 93.1 Å². The number of aliphatic hydroxyl groups excluding tert-OH is 1. The summed E-state index contributed by atoms with van der Waals surface area (Å²) < 4.78 is 73.3. The van der Waals surface area contributed by atoms with Gasteiger partial charge in [-0.15, -0.1) is 0 Å². The minimum Gasteiger partial charge on any atom is -0.480 e. The zero-order valence-corrected chi connectivity index (χ0v) is 83.9. The van der Waals surface area contributed by atoms with Crippen LogP contribution in [0, 0.1) is 41.4 Å². The first kappa shape index (κ1) is 107. The lowest BCUT2D eigenvalue weighted by Crippen LogP contribution is -2.61. The highest BCUT2D eigenvalue weighted by Crippen LogP contribution is 2.42. The third kappa shape index (κ3) is 27.0. The Morgan fingerprint density at radius 3 is 2.19 bits per heavy atom. The second kappa shape index (κ2) is 50.3. The van der Waals surface area contributed by atoms with Crippen LogP contribution in [-0.4, -0.2) is 304 Å². The van der Waals surface area contributed by atoms with Crippen molar-refractivity contribution < 1.29 is 110 Å². The van der Waals surface area contributed by atoms with Gasteiger partial charge in [-0.05, 0) is 173 Å². The summed E-state index contributed by atoms with van der Waals surface area (Å²) in [6.45, 7) is 17.8. The molecule has 18 atom stereocenters. The van der Waals surface area contributed by atoms with E-state index in [4.69, 9.17) is 83.1 Å². The molecule has 8 N–H and O–H groups in total. The predicted molar refractivity (Wildman–Crippen MR) is 527 cm³/mol. The smallest absolute Gasteiger partial charge is 0.329 e. The molecule has 143 heavy (non-hydrogen) atoms. The minimum atomic E-state index is -2.48. The molecule has 7 aliphatic rings. The van der Waals surface area contributed by atoms with E-state index in [9.17, 15) is 48.9 Å². The number of ether oxygens (including phenoxy) is 11. The fraction of sp³-hybridized carbons (Fsp3) is 0.596. The van der Waals surface area contributed by atoms with E-state index in [1.807, 2.05) is 98.9 Å². The van der Waals surface area contributed by atoms with Crippen LogP contribution in [0.5, 0.6) is 0 Å². The summed E-state index contributed by atoms with van der Waals surface area (Å²) in [7, 11) is 6.14. The van der Waals surface area contributed by atoms with Gasteiger partial charge in [-0.2, -0.15) is 10.1 Å². The lowest BCUT2D eigenvalue weighted by atomic mass is 9.78. The zero-order valence-electron chi connectivity index (χ0n) is 83.9. The van der Waals surface area contributed by atoms with Crippen LogP contribution in [-0.2, 0) is 118 Å². The number of fused-ring (bicyclic) bond motifs is 7. The number of aliphatic hydroxyl groups is 2. The standard InChI is InChI=1S/C104H140N16O23/c1-61-17-13-12-14-18-62(2)83(132-8)52-76-26-20-67(7)104(131,143-76)93(124)97(126)118-33-16-15-19-79(118)100(130)141-85(53-84(133-9)63(3)46-66(6)91(123)92(135-11)90(122)65(5)45-61)64(4)47-68-22-28-82(86(49-68)134-10)140-99(129)72-24-27-77-74(50-72)54-110-103(114-77)117-35-36-119(80(59-117)98(127)128)102-108-55-75(56-109-102)96(125)107-32-38-137-40-42-139-44-43-138-41-39-136-37-31-87(121)116-34-30-70-48-69(21-23-73(70)58-116)57-120-95-88(94(105)111-60-112-95)89(115-120)71-25-29-81-78(51-71)113-101(106)142-81/h12-14,17-18,21,23,25,29,46,48,51,54-56,60-61,63-65,67-68,72,76,79-80,82-86,91-92,123,131H,15-16,19-20,22,24,26-28,30-45,47,49-50,52-53,57-59H2,1-11H3,(H2,106,113)(H,107,125)(H,127,128)(H2,105,111,112)/b14-12+,17-13+,62-18+,66-46+/t61-,63-,64-,65-,67-,68+,72?,76+,79+,80-,82-,83+,84-,85+,86-,91-,92+,104-/m1/s1. The third-order valence-corrected chi connectivity index (χ3v) is 29.1. The summed E-state index contributed by atoms with van der Waals surface area (Å²) in [6, 6.07) is 9.60. The average molecular weight is 1980 g/mol. The van der Waals surface area contributed by atoms with Crippen LogP contribution in [0.25, 0.3) is 33.4 Å². The number of carboxylic acids is 1. The number of aromatic nitrogens is 9. The first-order chi connectivity index (χ1) is 68.9. The second-order valence-electron chi connectivity index (χ2n) is 39.1. The van der Waals surface area contributed by atoms with E-state index in [0.29, 0.717) is 188 Å². The topological polar surface area (TPSA) is 497 Å². The number of piperazine rings is 1. The Labute approximate surface area is 833 Å². The molecule has 7 aromatic rings. The van der Waals surface area contributed by atoms with Gasteiger partial charge in [0.15, 0.2) is 17.0 Å². The number of hydrogen-bond donors (Lipinski definition) is 6. The number of piperidine rings is 1. The quantitative estimate of drug-likeness (QED) is 0.0102. The molecule has 0 spiro atoms. The van der Waals surface area contributed by atoms with E-state index in [0.717, 1.165) is 33.5 Å². The lowest BCUT2D eigenvalue weighted by Gasteiger charge is -2.43. The Morgan fingerprint density at radius 1 is 0.699 bits per heavy atom. The zero-order chi connectivity index (χ0) is 102. The van der Waals surface area contributed by atoms with Crippen LogP contribution in [0.4, 0.5) is 23.7 Å². The molecule has 39 heteroatoms. The van der Waals surface area contributed by atoms with Crippen molar-refractivity contribution in [2.45, 2.75) is 237 Å². The second-order valence-corrected chi connectivity index (χ2v) is 39.1. The van der Waals surface area contributed by atoms with Gasteiger partial charge in [0.2, 0.25) is 23.6 Å². The Bertz CT molecular complexity index is 5690. The molecule has 3 amide bonds. The molecule has 1 unspecified atom stereocenters. The van der Waals surface area contributed by atoms with Crippen LogP contribution < -0.4 is 26.6 Å². The monoisotopic (exact) mass is 1980 g/mol. The normalized spacial score (nSPS) is 27.9. The number of aryl methyl sites for hydroxylation is 1. The van der Waals surface area contributed by atoms with Gasteiger partial charge in [-0.25, -0.2) is 44.2 Å². The van der Waals surface area contributed by atoms with Gasteiger partial charge in [0.25, 0.3) is 23.6 Å². The van der Waals surface area contributed by atoms with Gasteiger partial charge in [0, 0.05) is 128 Å². The van der Waals surface area contributed by atoms with Crippen LogP contribution in [0.3, 0.4) is 0 Å². The first-order valence-electron chi connectivity index (χ1n) is 50.1. The number of nitrogens with two attached hydrogens (primary N) is 2. The van der Waals surface area contributed by atoms with Crippen molar-refractivity contribution in [3.05, 3.63) is 142 Å². The van der Waals surface area contributed by atoms with Gasteiger partial charge in [0.1, 0.15) is 59.9 Å². The molecule has 5 aromatic heterocycles. The largest absolute Gasteiger partial charge is 0.480 e. The highest BCUT2D eigenvalue weighted by atomic mass is 16.6. The fourth-order valence-corrected chi connectivity index (χ4v) is 20.7. The molecule has 4 fully saturated rings. The predicted octanol–water partition coefficient (Wildman–Crippen LogP) is 9.27. The summed E-state index contributed by atoms with van der Waals surface area (Å²) in [5.74, 6) is -9.18. The number of methoxy groups -OCH3 is 4. The van der Waals surface area contributed by atoms with E-state index in [1.165, 1.54) is 36.3 Å². The number of benzene rings is 2. The maximum absolute atomic E-state index is 15.1. The summed E-state index contributed by atoms with van der Waals surface area (Å²) in [4.78, 5) is 150. The molecular weight excluding hydrogens is 1840 g/mol. The molecule has 3 saturated heterocycles. The molecule has 39 nitrogen and oxygen atoms in total. The van der Waals surface area contributed by atoms with E-state index in [2.05, 4.69) is 42.4 Å². The molecular formula is C104H140N16O23. The number of oxazole rings is 1. The molecule has 2 aliphatic carbocycles. The van der Waals surface area contributed by atoms with Crippen molar-refractivity contribution in [3.8, 4) is 11.3 Å². The number of carbonyl (C=O) groups is 8. The van der Waals surface area contributed by atoms with E-state index in [1.54, 1.807) is 57.2 Å². The number of ketones is 2. The van der Waals surface area contributed by atoms with Crippen LogP contribution in [0.2, 0.25) is 0 Å². The molecule has 10 heterocycles. The number of carboxylic acid groups (broad SMARTS) is 1. The van der Waals surface area contributed by atoms with Gasteiger partial charge < -0.3 is 108 Å². The molecule has 0 radical (unpaired) electrons. The van der Waals surface area contributed by atoms with E-state index >= 15 is 4.79 Å². The van der Waals surface area contributed by atoms with Crippen molar-refractivity contribution in [2.75, 3.05) is 142 Å². The van der Waals surface area contributed by atoms with Crippen molar-refractivity contribution in [1.29, 1.82) is 0 Å². The number of rotatable bonds is 31. The number of nitrogen functional groups attached to an aromatic ring is 2. The minimum absolute atomic E-state index is 0.00397. The Balaban J connectivity index is 0.493. The molecule has 5 aliphatic heterocycles. The van der Waals surface area contributed by atoms with E-state index in [-0.39, 0.29) is 125 Å². The number of nitrogens with one attached hydrogen (secondary N) is 1. The number of amides is 3. The summed E-state index contributed by atoms with van der Waals surface area (Å²) >= 11 is 0. The summed E-state index contributed by atoms with van der Waals surface area (Å²) in [5.41, 5.74) is 21.7. The van der Waals surface area contributed by atoms with Crippen molar-refractivity contribution in [2.24, 2.45) is 41.4 Å². The highest BCUT2D eigenvalue weighted by molar-refractivity contribution is 6.39. The molecule has 774 valence electrons. The SMILES string of the molecule is CO[C@H]1C[C@@H]2CC[C@@H](C)[C@@](O)(O2)C(=O)C(=O)N2CCCC[C@H]2C(=O)O[C@H]([C@H](C)C[C@@H]2CC[C@@H](OC(=O)C3CCc4nc(N5CCN(c6ncc(C(=O)NCCOCCOCCOCCOCCC(=O)N7CCc8cc(Cn9nc(-c%10ccc%11oc(N)nc%11c%10)c%10c(N)ncnc%109)ccc8C7)cn6)[C@@H](C(=O)O)C5)ncc4C3)[C@H](OC)C2)C[C@@H](OC)[C@H](C)/C=C(\C)[C@@H](O)[C@@H](OC)C(=O)[C@H](C)C[C@H](C)/C=C/C=C/C=C/1C. The third-order valence-electron chi connectivity index (χ3n) is 29.1. The van der Waals surface area contributed by atoms with Gasteiger partial charge in [0.05, 0.1) is 114 Å². The number of aliphatic carboxylic acids is 1. The number of allylic oxidation sites excluding steroid dienone is 5. The molecule has 2 bridgehead atoms. The molecule has 14 rings (SSSR count). The van der Waals surface area contributed by atoms with Gasteiger partial charge in [-0.1, -0.05) is 89.3 Å². The van der Waals surface area contributed by atoms with Crippen LogP contribution in [0.15, 0.2) is 113 Å². The number of carbonyl (C=O) groups excluding carboxylic acids is 7. The highest BCUT2D eigenvalue weighted by Gasteiger charge is 2.54. The first-order valence-corrected chi connectivity index (χ1v) is 50.1. The number of cyclic esters (lactones) is 1. The van der Waals surface area contributed by atoms with Gasteiger partial charge >= 0.3 is 17.9 Å². The Kier molecular flexibility index (Phi) is 37.8. The maximum atomic E-state index is 15.1. The average Bonchev–Trinajstić information content (AvgIpc) is 1.67. The fourth-order valence-electron chi connectivity index (χ4n) is 20.7. The van der Waals surface area contributed by atoms with Crippen LogP contribution >= 0.6 is 0 Å². The molecule has 2 aromatic carbocycles. The van der Waals surface area contributed by atoms with Crippen molar-refractivity contribution in [1.82, 2.24) is 59.8 Å². The lowest BCUT2D eigenvalue weighted by molar-refractivity contribution is -0.265. The maximum Gasteiger partial charge on any atom is 0.329 e. The van der Waals surface area contributed by atoms with E-state index < -0.39 is 120 Å². The number of hydrogen-bond acceptors (Lipinski definition) is 34. The Hall–Kier alpha value is -11.5. The molecule has 1 saturated carbocycles.